The lowest BCUT2D eigenvalue weighted by molar-refractivity contribution is 0.211. The van der Waals surface area contributed by atoms with Gasteiger partial charge in [0.25, 0.3) is 0 Å². The average Bonchev–Trinajstić information content (AvgIpc) is 3.09. The topological polar surface area (TPSA) is 87.8 Å². The molecule has 4 N–H and O–H groups in total. The Bertz CT molecular complexity index is 1100. The number of fused-ring (bicyclic) bond motifs is 1. The monoisotopic (exact) mass is 352 g/mol. The number of nitrogens with two attached hydrogens (primary N) is 1. The van der Waals surface area contributed by atoms with E-state index in [-0.39, 0.29) is 5.69 Å². The molecule has 7 heteroatoms. The molecule has 0 saturated carbocycles. The lowest BCUT2D eigenvalue weighted by Gasteiger charge is -2.14. The molecule has 0 radical (unpaired) electrons. The van der Waals surface area contributed by atoms with E-state index in [1.54, 1.807) is 30.7 Å². The van der Waals surface area contributed by atoms with E-state index in [0.717, 1.165) is 23.3 Å². The van der Waals surface area contributed by atoms with E-state index >= 15 is 0 Å². The Morgan fingerprint density at radius 2 is 1.96 bits per heavy atom. The largest absolute Gasteiger partial charge is 0.396 e. The number of halogens is 2. The predicted octanol–water partition coefficient (Wildman–Crippen LogP) is 3.57. The quantitative estimate of drug-likeness (QED) is 0.492. The van der Waals surface area contributed by atoms with Gasteiger partial charge in [0.15, 0.2) is 5.82 Å². The van der Waals surface area contributed by atoms with E-state index < -0.39 is 23.3 Å². The molecule has 1 unspecified atom stereocenters. The fraction of sp³-hybridized carbons (Fsp3) is 0.0526. The van der Waals surface area contributed by atoms with Gasteiger partial charge in [-0.15, -0.1) is 0 Å². The number of hydrogen-bond donors (Lipinski definition) is 3. The van der Waals surface area contributed by atoms with Crippen molar-refractivity contribution in [3.63, 3.8) is 0 Å². The van der Waals surface area contributed by atoms with Gasteiger partial charge in [-0.25, -0.2) is 13.8 Å². The Labute approximate surface area is 147 Å². The second-order valence-corrected chi connectivity index (χ2v) is 5.87. The maximum absolute atomic E-state index is 14.3. The summed E-state index contributed by atoms with van der Waals surface area (Å²) in [6.45, 7) is 0. The van der Waals surface area contributed by atoms with Crippen molar-refractivity contribution in [2.24, 2.45) is 0 Å². The molecule has 1 atom stereocenters. The number of pyridine rings is 2. The highest BCUT2D eigenvalue weighted by atomic mass is 19.1. The van der Waals surface area contributed by atoms with Crippen molar-refractivity contribution in [3.8, 4) is 11.1 Å². The van der Waals surface area contributed by atoms with Gasteiger partial charge in [0.2, 0.25) is 0 Å². The van der Waals surface area contributed by atoms with Crippen molar-refractivity contribution in [2.45, 2.75) is 6.10 Å². The summed E-state index contributed by atoms with van der Waals surface area (Å²) in [5.74, 6) is -1.84. The van der Waals surface area contributed by atoms with Gasteiger partial charge in [0.05, 0.1) is 11.3 Å². The molecule has 5 nitrogen and oxygen atoms in total. The first-order valence-corrected chi connectivity index (χ1v) is 7.85. The van der Waals surface area contributed by atoms with Crippen molar-refractivity contribution >= 4 is 16.7 Å². The van der Waals surface area contributed by atoms with Gasteiger partial charge >= 0.3 is 0 Å². The number of aliphatic hydroxyl groups is 1. The van der Waals surface area contributed by atoms with Gasteiger partial charge in [0.1, 0.15) is 17.6 Å². The number of hydrogen-bond acceptors (Lipinski definition) is 4. The number of nitrogen functional groups attached to an aromatic ring is 1. The molecule has 0 aliphatic carbocycles. The lowest BCUT2D eigenvalue weighted by atomic mass is 9.98. The third-order valence-electron chi connectivity index (χ3n) is 4.28. The number of nitrogens with zero attached hydrogens (tertiary/aromatic N) is 2. The third-order valence-corrected chi connectivity index (χ3v) is 4.28. The highest BCUT2D eigenvalue weighted by Gasteiger charge is 2.24. The summed E-state index contributed by atoms with van der Waals surface area (Å²) in [7, 11) is 0. The molecule has 3 aromatic heterocycles. The van der Waals surface area contributed by atoms with Crippen molar-refractivity contribution in [1.82, 2.24) is 15.0 Å². The summed E-state index contributed by atoms with van der Waals surface area (Å²) < 4.78 is 28.4. The molecular weight excluding hydrogens is 338 g/mol. The van der Waals surface area contributed by atoms with Gasteiger partial charge in [-0.05, 0) is 24.3 Å². The summed E-state index contributed by atoms with van der Waals surface area (Å²) in [5.41, 5.74) is 7.21. The first-order chi connectivity index (χ1) is 12.6. The number of anilines is 1. The van der Waals surface area contributed by atoms with Gasteiger partial charge in [-0.3, -0.25) is 4.98 Å². The summed E-state index contributed by atoms with van der Waals surface area (Å²) in [4.78, 5) is 11.3. The molecule has 4 rings (SSSR count). The number of rotatable bonds is 3. The van der Waals surface area contributed by atoms with E-state index in [9.17, 15) is 13.9 Å². The standard InChI is InChI=1S/C19H14F2N4O/c20-14-3-4-15(22)17(21)16(14)18(26)13-9-25-19-12(13)6-11(8-24-19)10-2-1-5-23-7-10/h1-9,18,26H,22H2,(H,24,25). The minimum atomic E-state index is -1.53. The molecule has 0 bridgehead atoms. The minimum Gasteiger partial charge on any atom is -0.396 e. The fourth-order valence-corrected chi connectivity index (χ4v) is 2.93. The number of benzene rings is 1. The summed E-state index contributed by atoms with van der Waals surface area (Å²) in [5, 5.41) is 11.2. The number of aromatic nitrogens is 3. The summed E-state index contributed by atoms with van der Waals surface area (Å²) >= 11 is 0. The molecule has 0 saturated heterocycles. The van der Waals surface area contributed by atoms with Crippen LogP contribution in [0.5, 0.6) is 0 Å². The third kappa shape index (κ3) is 2.58. The second-order valence-electron chi connectivity index (χ2n) is 5.87. The number of aromatic amines is 1. The molecular formula is C19H14F2N4O. The minimum absolute atomic E-state index is 0.227. The Balaban J connectivity index is 1.86. The van der Waals surface area contributed by atoms with Crippen molar-refractivity contribution < 1.29 is 13.9 Å². The molecule has 0 fully saturated rings. The highest BCUT2D eigenvalue weighted by Crippen LogP contribution is 2.34. The SMILES string of the molecule is Nc1ccc(F)c(C(O)c2c[nH]c3ncc(-c4cccnc4)cc23)c1F. The first-order valence-electron chi connectivity index (χ1n) is 7.85. The van der Waals surface area contributed by atoms with Crippen molar-refractivity contribution in [3.05, 3.63) is 77.9 Å². The van der Waals surface area contributed by atoms with Gasteiger partial charge in [-0.2, -0.15) is 0 Å². The van der Waals surface area contributed by atoms with Crippen LogP contribution < -0.4 is 5.73 Å². The fourth-order valence-electron chi connectivity index (χ4n) is 2.93. The maximum atomic E-state index is 14.3. The van der Waals surface area contributed by atoms with E-state index in [4.69, 9.17) is 5.73 Å². The molecule has 26 heavy (non-hydrogen) atoms. The molecule has 0 aliphatic heterocycles. The van der Waals surface area contributed by atoms with Crippen LogP contribution >= 0.6 is 0 Å². The van der Waals surface area contributed by atoms with Crippen LogP contribution in [0.4, 0.5) is 14.5 Å². The van der Waals surface area contributed by atoms with Gasteiger partial charge < -0.3 is 15.8 Å². The normalized spacial score (nSPS) is 12.4. The molecule has 0 spiro atoms. The predicted molar refractivity (Wildman–Crippen MR) is 94.2 cm³/mol. The Kier molecular flexibility index (Phi) is 3.85. The zero-order valence-electron chi connectivity index (χ0n) is 13.4. The highest BCUT2D eigenvalue weighted by molar-refractivity contribution is 5.85. The van der Waals surface area contributed by atoms with Crippen LogP contribution in [-0.2, 0) is 0 Å². The molecule has 1 aromatic carbocycles. The zero-order chi connectivity index (χ0) is 18.3. The number of aliphatic hydroxyl groups excluding tert-OH is 1. The van der Waals surface area contributed by atoms with Crippen LogP contribution in [0.3, 0.4) is 0 Å². The zero-order valence-corrected chi connectivity index (χ0v) is 13.4. The summed E-state index contributed by atoms with van der Waals surface area (Å²) in [6.07, 6.45) is 4.96. The summed E-state index contributed by atoms with van der Waals surface area (Å²) in [6, 6.07) is 7.61. The average molecular weight is 352 g/mol. The number of nitrogens with one attached hydrogen (secondary N) is 1. The van der Waals surface area contributed by atoms with Gasteiger partial charge in [0, 0.05) is 46.9 Å². The Morgan fingerprint density at radius 3 is 2.73 bits per heavy atom. The lowest BCUT2D eigenvalue weighted by Crippen LogP contribution is -2.07. The first kappa shape index (κ1) is 16.2. The van der Waals surface area contributed by atoms with E-state index in [1.165, 1.54) is 6.20 Å². The molecule has 0 amide bonds. The second kappa shape index (κ2) is 6.20. The molecule has 3 heterocycles. The van der Waals surface area contributed by atoms with E-state index in [2.05, 4.69) is 15.0 Å². The van der Waals surface area contributed by atoms with Crippen LogP contribution in [0.2, 0.25) is 0 Å². The van der Waals surface area contributed by atoms with Crippen molar-refractivity contribution in [1.29, 1.82) is 0 Å². The van der Waals surface area contributed by atoms with Crippen LogP contribution in [0.15, 0.2) is 55.1 Å². The van der Waals surface area contributed by atoms with Crippen LogP contribution in [0.1, 0.15) is 17.2 Å². The van der Waals surface area contributed by atoms with Crippen LogP contribution in [-0.4, -0.2) is 20.1 Å². The number of H-pyrrole nitrogens is 1. The maximum Gasteiger partial charge on any atom is 0.155 e. The molecule has 4 aromatic rings. The molecule has 0 aliphatic rings. The van der Waals surface area contributed by atoms with E-state index in [0.29, 0.717) is 16.6 Å². The van der Waals surface area contributed by atoms with Gasteiger partial charge in [-0.1, -0.05) is 6.07 Å². The van der Waals surface area contributed by atoms with E-state index in [1.807, 2.05) is 6.07 Å². The van der Waals surface area contributed by atoms with Crippen LogP contribution in [0, 0.1) is 11.6 Å². The Hall–Kier alpha value is -3.32. The van der Waals surface area contributed by atoms with Crippen LogP contribution in [0.25, 0.3) is 22.2 Å². The molecule has 130 valence electrons. The smallest absolute Gasteiger partial charge is 0.155 e. The van der Waals surface area contributed by atoms with Crippen molar-refractivity contribution in [2.75, 3.05) is 5.73 Å². The Morgan fingerprint density at radius 1 is 1.12 bits per heavy atom.